The zero-order valence-corrected chi connectivity index (χ0v) is 10.4. The van der Waals surface area contributed by atoms with E-state index in [0.29, 0.717) is 12.8 Å². The number of hydrogen-bond acceptors (Lipinski definition) is 1. The lowest BCUT2D eigenvalue weighted by Crippen LogP contribution is -2.43. The minimum Gasteiger partial charge on any atom is -0.321 e. The summed E-state index contributed by atoms with van der Waals surface area (Å²) in [4.78, 5) is 0. The van der Waals surface area contributed by atoms with Gasteiger partial charge in [0.15, 0.2) is 0 Å². The van der Waals surface area contributed by atoms with Crippen LogP contribution in [0.15, 0.2) is 24.3 Å². The predicted octanol–water partition coefficient (Wildman–Crippen LogP) is 3.90. The van der Waals surface area contributed by atoms with Crippen molar-refractivity contribution in [1.29, 1.82) is 0 Å². The molecular formula is C14H18F3N. The van der Waals surface area contributed by atoms with Gasteiger partial charge in [0.2, 0.25) is 0 Å². The fraction of sp³-hybridized carbons (Fsp3) is 0.571. The lowest BCUT2D eigenvalue weighted by Gasteiger charge is -2.39. The standard InChI is InChI=1S/C14H18F3N/c1-10-4-2-3-5-12(10)13(18)8-6-11(7-9-13)14(15,16)17/h2-5,11H,6-9,18H2,1H3. The first-order chi connectivity index (χ1) is 8.33. The number of aryl methyl sites for hydroxylation is 1. The second-order valence-corrected chi connectivity index (χ2v) is 5.29. The Balaban J connectivity index is 2.15. The molecule has 100 valence electrons. The van der Waals surface area contributed by atoms with Gasteiger partial charge in [-0.2, -0.15) is 13.2 Å². The minimum absolute atomic E-state index is 0.133. The van der Waals surface area contributed by atoms with Crippen LogP contribution < -0.4 is 5.73 Å². The molecule has 2 N–H and O–H groups in total. The maximum atomic E-state index is 12.6. The Hall–Kier alpha value is -1.03. The summed E-state index contributed by atoms with van der Waals surface area (Å²) in [5, 5.41) is 0. The van der Waals surface area contributed by atoms with E-state index in [1.54, 1.807) is 0 Å². The Kier molecular flexibility index (Phi) is 3.41. The van der Waals surface area contributed by atoms with Crippen molar-refractivity contribution in [2.75, 3.05) is 0 Å². The SMILES string of the molecule is Cc1ccccc1C1(N)CCC(C(F)(F)F)CC1. The van der Waals surface area contributed by atoms with Crippen molar-refractivity contribution < 1.29 is 13.2 Å². The van der Waals surface area contributed by atoms with E-state index in [1.165, 1.54) is 0 Å². The summed E-state index contributed by atoms with van der Waals surface area (Å²) in [6.07, 6.45) is -3.00. The molecule has 0 aromatic heterocycles. The normalized spacial score (nSPS) is 29.3. The molecule has 0 spiro atoms. The van der Waals surface area contributed by atoms with Gasteiger partial charge in [-0.1, -0.05) is 24.3 Å². The van der Waals surface area contributed by atoms with E-state index in [0.717, 1.165) is 11.1 Å². The van der Waals surface area contributed by atoms with Gasteiger partial charge in [0.25, 0.3) is 0 Å². The van der Waals surface area contributed by atoms with Crippen molar-refractivity contribution in [3.63, 3.8) is 0 Å². The number of rotatable bonds is 1. The first-order valence-corrected chi connectivity index (χ1v) is 6.25. The summed E-state index contributed by atoms with van der Waals surface area (Å²) in [5.41, 5.74) is 7.78. The van der Waals surface area contributed by atoms with Crippen LogP contribution in [-0.2, 0) is 5.54 Å². The van der Waals surface area contributed by atoms with Crippen molar-refractivity contribution in [3.8, 4) is 0 Å². The summed E-state index contributed by atoms with van der Waals surface area (Å²) < 4.78 is 37.9. The van der Waals surface area contributed by atoms with Gasteiger partial charge in [-0.05, 0) is 43.7 Å². The van der Waals surface area contributed by atoms with Gasteiger partial charge in [0.1, 0.15) is 0 Å². The van der Waals surface area contributed by atoms with Crippen LogP contribution in [0.25, 0.3) is 0 Å². The van der Waals surface area contributed by atoms with Crippen LogP contribution in [0.5, 0.6) is 0 Å². The summed E-state index contributed by atoms with van der Waals surface area (Å²) in [5.74, 6) is -1.18. The summed E-state index contributed by atoms with van der Waals surface area (Å²) in [6, 6.07) is 7.71. The molecular weight excluding hydrogens is 239 g/mol. The van der Waals surface area contributed by atoms with E-state index in [9.17, 15) is 13.2 Å². The van der Waals surface area contributed by atoms with Crippen molar-refractivity contribution >= 4 is 0 Å². The van der Waals surface area contributed by atoms with E-state index in [-0.39, 0.29) is 12.8 Å². The average molecular weight is 257 g/mol. The number of nitrogens with two attached hydrogens (primary N) is 1. The minimum atomic E-state index is -4.08. The van der Waals surface area contributed by atoms with Crippen LogP contribution in [-0.4, -0.2) is 6.18 Å². The molecule has 4 heteroatoms. The van der Waals surface area contributed by atoms with Crippen LogP contribution >= 0.6 is 0 Å². The van der Waals surface area contributed by atoms with Crippen LogP contribution in [0.4, 0.5) is 13.2 Å². The van der Waals surface area contributed by atoms with Crippen molar-refractivity contribution in [1.82, 2.24) is 0 Å². The largest absolute Gasteiger partial charge is 0.391 e. The molecule has 0 amide bonds. The number of alkyl halides is 3. The highest BCUT2D eigenvalue weighted by atomic mass is 19.4. The molecule has 2 rings (SSSR count). The molecule has 0 saturated heterocycles. The molecule has 0 bridgehead atoms. The van der Waals surface area contributed by atoms with Crippen molar-refractivity contribution in [2.45, 2.75) is 44.3 Å². The Morgan fingerprint density at radius 3 is 2.22 bits per heavy atom. The molecule has 1 fully saturated rings. The molecule has 1 saturated carbocycles. The van der Waals surface area contributed by atoms with E-state index in [4.69, 9.17) is 5.73 Å². The lowest BCUT2D eigenvalue weighted by molar-refractivity contribution is -0.184. The Morgan fingerprint density at radius 2 is 1.72 bits per heavy atom. The summed E-state index contributed by atoms with van der Waals surface area (Å²) in [7, 11) is 0. The molecule has 0 aliphatic heterocycles. The number of benzene rings is 1. The van der Waals surface area contributed by atoms with Crippen molar-refractivity contribution in [2.24, 2.45) is 11.7 Å². The van der Waals surface area contributed by atoms with Crippen LogP contribution in [0.2, 0.25) is 0 Å². The topological polar surface area (TPSA) is 26.0 Å². The van der Waals surface area contributed by atoms with Crippen LogP contribution in [0.1, 0.15) is 36.8 Å². The molecule has 1 aliphatic rings. The average Bonchev–Trinajstić information content (AvgIpc) is 2.28. The maximum Gasteiger partial charge on any atom is 0.391 e. The third-order valence-corrected chi connectivity index (χ3v) is 4.02. The monoisotopic (exact) mass is 257 g/mol. The molecule has 1 nitrogen and oxygen atoms in total. The van der Waals surface area contributed by atoms with Crippen molar-refractivity contribution in [3.05, 3.63) is 35.4 Å². The Labute approximate surface area is 105 Å². The smallest absolute Gasteiger partial charge is 0.321 e. The maximum absolute atomic E-state index is 12.6. The molecule has 1 aromatic carbocycles. The van der Waals surface area contributed by atoms with E-state index >= 15 is 0 Å². The number of halogens is 3. The number of hydrogen-bond donors (Lipinski definition) is 1. The molecule has 0 unspecified atom stereocenters. The first-order valence-electron chi connectivity index (χ1n) is 6.25. The van der Waals surface area contributed by atoms with Gasteiger partial charge in [-0.15, -0.1) is 0 Å². The third-order valence-electron chi connectivity index (χ3n) is 4.02. The summed E-state index contributed by atoms with van der Waals surface area (Å²) in [6.45, 7) is 1.96. The molecule has 1 aliphatic carbocycles. The molecule has 0 atom stereocenters. The highest BCUT2D eigenvalue weighted by Crippen LogP contribution is 2.44. The Bertz CT molecular complexity index is 417. The van der Waals surface area contributed by atoms with Gasteiger partial charge in [-0.3, -0.25) is 0 Å². The molecule has 1 aromatic rings. The fourth-order valence-electron chi connectivity index (χ4n) is 2.86. The van der Waals surface area contributed by atoms with Gasteiger partial charge in [-0.25, -0.2) is 0 Å². The van der Waals surface area contributed by atoms with E-state index in [1.807, 2.05) is 31.2 Å². The zero-order chi connectivity index (χ0) is 13.4. The predicted molar refractivity (Wildman–Crippen MR) is 65.1 cm³/mol. The lowest BCUT2D eigenvalue weighted by atomic mass is 9.72. The molecule has 18 heavy (non-hydrogen) atoms. The third kappa shape index (κ3) is 2.53. The molecule has 0 heterocycles. The van der Waals surface area contributed by atoms with Crippen LogP contribution in [0, 0.1) is 12.8 Å². The molecule has 0 radical (unpaired) electrons. The van der Waals surface area contributed by atoms with E-state index < -0.39 is 17.6 Å². The van der Waals surface area contributed by atoms with Gasteiger partial charge in [0.05, 0.1) is 5.92 Å². The Morgan fingerprint density at radius 1 is 1.17 bits per heavy atom. The van der Waals surface area contributed by atoms with E-state index in [2.05, 4.69) is 0 Å². The second kappa shape index (κ2) is 4.57. The van der Waals surface area contributed by atoms with Crippen LogP contribution in [0.3, 0.4) is 0 Å². The first kappa shape index (κ1) is 13.4. The van der Waals surface area contributed by atoms with Gasteiger partial charge < -0.3 is 5.73 Å². The quantitative estimate of drug-likeness (QED) is 0.811. The second-order valence-electron chi connectivity index (χ2n) is 5.29. The highest BCUT2D eigenvalue weighted by molar-refractivity contribution is 5.32. The van der Waals surface area contributed by atoms with Gasteiger partial charge >= 0.3 is 6.18 Å². The zero-order valence-electron chi connectivity index (χ0n) is 10.4. The summed E-state index contributed by atoms with van der Waals surface area (Å²) >= 11 is 0. The van der Waals surface area contributed by atoms with Gasteiger partial charge in [0, 0.05) is 5.54 Å². The highest BCUT2D eigenvalue weighted by Gasteiger charge is 2.45. The fourth-order valence-corrected chi connectivity index (χ4v) is 2.86.